The first-order valence-corrected chi connectivity index (χ1v) is 4.46. The average Bonchev–Trinajstić information content (AvgIpc) is 1.96. The molecule has 1 rings (SSSR count). The van der Waals surface area contributed by atoms with Crippen molar-refractivity contribution in [1.82, 2.24) is 0 Å². The Bertz CT molecular complexity index is 292. The normalized spacial score (nSPS) is 10.8. The summed E-state index contributed by atoms with van der Waals surface area (Å²) in [5, 5.41) is 0. The summed E-state index contributed by atoms with van der Waals surface area (Å²) in [7, 11) is 0. The third-order valence-corrected chi connectivity index (χ3v) is 2.32. The van der Waals surface area contributed by atoms with Gasteiger partial charge in [0, 0.05) is 4.90 Å². The number of hydrogen-bond acceptors (Lipinski definition) is 1. The van der Waals surface area contributed by atoms with Crippen LogP contribution < -0.4 is 0 Å². The van der Waals surface area contributed by atoms with Crippen LogP contribution in [0, 0.1) is 12.7 Å². The first-order valence-electron chi connectivity index (χ1n) is 4.01. The highest BCUT2D eigenvalue weighted by Crippen LogP contribution is 2.25. The lowest BCUT2D eigenvalue weighted by atomic mass is 10.0. The van der Waals surface area contributed by atoms with Gasteiger partial charge in [0.05, 0.1) is 0 Å². The van der Waals surface area contributed by atoms with E-state index in [9.17, 15) is 4.39 Å². The predicted molar refractivity (Wildman–Crippen MR) is 52.5 cm³/mol. The Morgan fingerprint density at radius 3 is 2.42 bits per heavy atom. The number of aryl methyl sites for hydroxylation is 1. The van der Waals surface area contributed by atoms with Gasteiger partial charge < -0.3 is 0 Å². The molecule has 0 aromatic heterocycles. The maximum absolute atomic E-state index is 13.0. The number of rotatable bonds is 1. The Labute approximate surface area is 78.2 Å². The van der Waals surface area contributed by atoms with Crippen LogP contribution in [-0.4, -0.2) is 0 Å². The fourth-order valence-electron chi connectivity index (χ4n) is 1.16. The van der Waals surface area contributed by atoms with Crippen molar-refractivity contribution in [3.63, 3.8) is 0 Å². The molecule has 0 unspecified atom stereocenters. The maximum atomic E-state index is 13.0. The summed E-state index contributed by atoms with van der Waals surface area (Å²) in [5.74, 6) is 0.223. The molecule has 0 atom stereocenters. The van der Waals surface area contributed by atoms with Crippen LogP contribution in [0.15, 0.2) is 17.0 Å². The predicted octanol–water partition coefficient (Wildman–Crippen LogP) is 3.55. The lowest BCUT2D eigenvalue weighted by Crippen LogP contribution is -1.93. The van der Waals surface area contributed by atoms with Crippen molar-refractivity contribution in [3.8, 4) is 0 Å². The second-order valence-corrected chi connectivity index (χ2v) is 3.80. The van der Waals surface area contributed by atoms with E-state index >= 15 is 0 Å². The van der Waals surface area contributed by atoms with E-state index in [-0.39, 0.29) is 5.82 Å². The van der Waals surface area contributed by atoms with Crippen LogP contribution >= 0.6 is 12.6 Å². The summed E-state index contributed by atoms with van der Waals surface area (Å²) in [6, 6.07) is 3.34. The van der Waals surface area contributed by atoms with Gasteiger partial charge in [0.25, 0.3) is 0 Å². The lowest BCUT2D eigenvalue weighted by molar-refractivity contribution is 0.612. The van der Waals surface area contributed by atoms with Gasteiger partial charge >= 0.3 is 0 Å². The van der Waals surface area contributed by atoms with Crippen molar-refractivity contribution < 1.29 is 4.39 Å². The van der Waals surface area contributed by atoms with Gasteiger partial charge in [-0.2, -0.15) is 0 Å². The summed E-state index contributed by atoms with van der Waals surface area (Å²) in [5.41, 5.74) is 1.80. The molecule has 0 fully saturated rings. The second-order valence-electron chi connectivity index (χ2n) is 3.31. The molecule has 2 heteroatoms. The fraction of sp³-hybridized carbons (Fsp3) is 0.400. The minimum Gasteiger partial charge on any atom is -0.207 e. The molecule has 0 saturated heterocycles. The van der Waals surface area contributed by atoms with Crippen molar-refractivity contribution in [2.45, 2.75) is 31.6 Å². The van der Waals surface area contributed by atoms with Crippen LogP contribution in [0.2, 0.25) is 0 Å². The molecule has 1 aromatic rings. The Balaban J connectivity index is 3.23. The zero-order valence-corrected chi connectivity index (χ0v) is 8.45. The SMILES string of the molecule is Cc1cc(C(C)C)c(S)cc1F. The highest BCUT2D eigenvalue weighted by molar-refractivity contribution is 7.80. The number of thiol groups is 1. The van der Waals surface area contributed by atoms with Gasteiger partial charge in [0.2, 0.25) is 0 Å². The van der Waals surface area contributed by atoms with Gasteiger partial charge in [-0.3, -0.25) is 0 Å². The molecule has 0 radical (unpaired) electrons. The highest BCUT2D eigenvalue weighted by atomic mass is 32.1. The van der Waals surface area contributed by atoms with Crippen LogP contribution in [-0.2, 0) is 0 Å². The Morgan fingerprint density at radius 2 is 1.92 bits per heavy atom. The van der Waals surface area contributed by atoms with E-state index in [1.807, 2.05) is 6.07 Å². The Hall–Kier alpha value is -0.500. The minimum absolute atomic E-state index is 0.176. The second kappa shape index (κ2) is 3.48. The van der Waals surface area contributed by atoms with Gasteiger partial charge in [-0.15, -0.1) is 12.6 Å². The van der Waals surface area contributed by atoms with Gasteiger partial charge in [-0.25, -0.2) is 4.39 Å². The van der Waals surface area contributed by atoms with E-state index in [4.69, 9.17) is 0 Å². The van der Waals surface area contributed by atoms with E-state index in [2.05, 4.69) is 26.5 Å². The summed E-state index contributed by atoms with van der Waals surface area (Å²) in [6.07, 6.45) is 0. The zero-order chi connectivity index (χ0) is 9.30. The molecular formula is C10H13FS. The number of halogens is 1. The molecule has 0 amide bonds. The third kappa shape index (κ3) is 1.81. The van der Waals surface area contributed by atoms with E-state index in [0.717, 1.165) is 10.5 Å². The highest BCUT2D eigenvalue weighted by Gasteiger charge is 2.07. The summed E-state index contributed by atoms with van der Waals surface area (Å²) in [4.78, 5) is 0.744. The summed E-state index contributed by atoms with van der Waals surface area (Å²) in [6.45, 7) is 5.92. The topological polar surface area (TPSA) is 0 Å². The van der Waals surface area contributed by atoms with E-state index < -0.39 is 0 Å². The molecule has 0 aliphatic carbocycles. The zero-order valence-electron chi connectivity index (χ0n) is 7.56. The smallest absolute Gasteiger partial charge is 0.127 e. The molecule has 0 N–H and O–H groups in total. The van der Waals surface area contributed by atoms with E-state index in [1.54, 1.807) is 6.92 Å². The van der Waals surface area contributed by atoms with Crippen molar-refractivity contribution in [2.24, 2.45) is 0 Å². The largest absolute Gasteiger partial charge is 0.207 e. The number of benzene rings is 1. The van der Waals surface area contributed by atoms with Crippen LogP contribution in [0.4, 0.5) is 4.39 Å². The monoisotopic (exact) mass is 184 g/mol. The van der Waals surface area contributed by atoms with Crippen molar-refractivity contribution >= 4 is 12.6 Å². The molecule has 0 nitrogen and oxygen atoms in total. The fourth-order valence-corrected chi connectivity index (χ4v) is 1.59. The molecule has 0 saturated carbocycles. The third-order valence-electron chi connectivity index (χ3n) is 1.93. The van der Waals surface area contributed by atoms with Gasteiger partial charge in [0.1, 0.15) is 5.82 Å². The summed E-state index contributed by atoms with van der Waals surface area (Å²) >= 11 is 4.21. The molecule has 0 heterocycles. The molecule has 0 aliphatic rings. The quantitative estimate of drug-likeness (QED) is 0.634. The van der Waals surface area contributed by atoms with Crippen molar-refractivity contribution in [2.75, 3.05) is 0 Å². The minimum atomic E-state index is -0.176. The maximum Gasteiger partial charge on any atom is 0.127 e. The Morgan fingerprint density at radius 1 is 1.33 bits per heavy atom. The molecule has 0 spiro atoms. The molecular weight excluding hydrogens is 171 g/mol. The Kier molecular flexibility index (Phi) is 2.78. The average molecular weight is 184 g/mol. The van der Waals surface area contributed by atoms with Crippen LogP contribution in [0.5, 0.6) is 0 Å². The molecule has 0 aliphatic heterocycles. The molecule has 66 valence electrons. The van der Waals surface area contributed by atoms with E-state index in [0.29, 0.717) is 11.5 Å². The van der Waals surface area contributed by atoms with Gasteiger partial charge in [0.15, 0.2) is 0 Å². The molecule has 1 aromatic carbocycles. The van der Waals surface area contributed by atoms with E-state index in [1.165, 1.54) is 6.07 Å². The first kappa shape index (κ1) is 9.59. The molecule has 0 bridgehead atoms. The first-order chi connectivity index (χ1) is 5.52. The van der Waals surface area contributed by atoms with Crippen LogP contribution in [0.25, 0.3) is 0 Å². The van der Waals surface area contributed by atoms with Crippen LogP contribution in [0.1, 0.15) is 30.9 Å². The van der Waals surface area contributed by atoms with Crippen molar-refractivity contribution in [3.05, 3.63) is 29.1 Å². The number of hydrogen-bond donors (Lipinski definition) is 1. The van der Waals surface area contributed by atoms with Gasteiger partial charge in [-0.05, 0) is 30.0 Å². The standard InChI is InChI=1S/C10H13FS/c1-6(2)8-4-7(3)9(11)5-10(8)12/h4-6,12H,1-3H3. The van der Waals surface area contributed by atoms with Crippen molar-refractivity contribution in [1.29, 1.82) is 0 Å². The van der Waals surface area contributed by atoms with Gasteiger partial charge in [-0.1, -0.05) is 19.9 Å². The lowest BCUT2D eigenvalue weighted by Gasteiger charge is -2.10. The molecule has 12 heavy (non-hydrogen) atoms. The van der Waals surface area contributed by atoms with Crippen LogP contribution in [0.3, 0.4) is 0 Å². The summed E-state index contributed by atoms with van der Waals surface area (Å²) < 4.78 is 13.0.